The molecule has 1 nitrogen and oxygen atoms in total. The molecule has 0 spiro atoms. The van der Waals surface area contributed by atoms with Gasteiger partial charge in [-0.2, -0.15) is 0 Å². The van der Waals surface area contributed by atoms with Crippen LogP contribution in [0.5, 0.6) is 0 Å². The first-order valence-electron chi connectivity index (χ1n) is 10.1. The maximum absolute atomic E-state index is 6.12. The summed E-state index contributed by atoms with van der Waals surface area (Å²) >= 11 is 5.61. The third-order valence-electron chi connectivity index (χ3n) is 6.06. The van der Waals surface area contributed by atoms with Crippen molar-refractivity contribution in [3.63, 3.8) is 0 Å². The normalized spacial score (nSPS) is 22.5. The van der Waals surface area contributed by atoms with Gasteiger partial charge in [-0.15, -0.1) is 0 Å². The van der Waals surface area contributed by atoms with Crippen LogP contribution in [-0.4, -0.2) is 12.0 Å². The molecular formula is C24H34BNS. The van der Waals surface area contributed by atoms with Crippen molar-refractivity contribution >= 4 is 24.3 Å². The molecule has 144 valence electrons. The predicted octanol–water partition coefficient (Wildman–Crippen LogP) is 6.07. The maximum atomic E-state index is 6.12. The van der Waals surface area contributed by atoms with Gasteiger partial charge in [0.25, 0.3) is 0 Å². The van der Waals surface area contributed by atoms with Gasteiger partial charge in [0.05, 0.1) is 0 Å². The molecule has 2 rings (SSSR count). The van der Waals surface area contributed by atoms with Gasteiger partial charge in [0.15, 0.2) is 7.28 Å². The number of hydrogen-bond acceptors (Lipinski definition) is 2. The van der Waals surface area contributed by atoms with Gasteiger partial charge < -0.3 is 5.73 Å². The lowest BCUT2D eigenvalue weighted by molar-refractivity contribution is 0.323. The smallest absolute Gasteiger partial charge is 0.169 e. The first kappa shape index (κ1) is 21.7. The van der Waals surface area contributed by atoms with E-state index in [2.05, 4.69) is 63.7 Å². The molecule has 3 heteroatoms. The minimum Gasteiger partial charge on any atom is -0.399 e. The molecule has 1 saturated carbocycles. The molecule has 27 heavy (non-hydrogen) atoms. The Kier molecular flexibility index (Phi) is 7.28. The van der Waals surface area contributed by atoms with Gasteiger partial charge in [0.2, 0.25) is 0 Å². The highest BCUT2D eigenvalue weighted by Gasteiger charge is 2.43. The zero-order valence-corrected chi connectivity index (χ0v) is 18.3. The molecule has 0 saturated heterocycles. The SMILES string of the molecule is C=C(/C(N)=C\C)/C(=C\CCC1(c2ccccc2)CCC(C)(C)C1)C(=S)BC. The monoisotopic (exact) mass is 379 g/mol. The molecule has 0 amide bonds. The molecule has 2 N–H and O–H groups in total. The number of allylic oxidation sites excluding steroid dienone is 3. The predicted molar refractivity (Wildman–Crippen MR) is 126 cm³/mol. The van der Waals surface area contributed by atoms with Crippen molar-refractivity contribution in [3.05, 3.63) is 71.5 Å². The van der Waals surface area contributed by atoms with Crippen molar-refractivity contribution in [2.75, 3.05) is 0 Å². The molecule has 1 fully saturated rings. The van der Waals surface area contributed by atoms with Crippen molar-refractivity contribution in [2.45, 2.75) is 65.1 Å². The third kappa shape index (κ3) is 5.22. The van der Waals surface area contributed by atoms with E-state index >= 15 is 0 Å². The summed E-state index contributed by atoms with van der Waals surface area (Å²) in [6.07, 6.45) is 10.1. The summed E-state index contributed by atoms with van der Waals surface area (Å²) in [6, 6.07) is 11.1. The Morgan fingerprint density at radius 1 is 1.26 bits per heavy atom. The molecule has 1 aromatic rings. The van der Waals surface area contributed by atoms with Crippen molar-refractivity contribution < 1.29 is 0 Å². The van der Waals surface area contributed by atoms with Gasteiger partial charge in [-0.25, -0.2) is 0 Å². The minimum absolute atomic E-state index is 0.258. The Hall–Kier alpha value is -1.61. The average molecular weight is 379 g/mol. The molecule has 1 atom stereocenters. The van der Waals surface area contributed by atoms with Crippen molar-refractivity contribution in [1.29, 1.82) is 0 Å². The van der Waals surface area contributed by atoms with Crippen LogP contribution < -0.4 is 5.73 Å². The average Bonchev–Trinajstić information content (AvgIpc) is 3.00. The summed E-state index contributed by atoms with van der Waals surface area (Å²) in [5.41, 5.74) is 10.9. The second-order valence-electron chi connectivity index (χ2n) is 8.64. The van der Waals surface area contributed by atoms with E-state index in [1.165, 1.54) is 24.8 Å². The van der Waals surface area contributed by atoms with Crippen LogP contribution in [0.2, 0.25) is 6.82 Å². The largest absolute Gasteiger partial charge is 0.399 e. The topological polar surface area (TPSA) is 26.0 Å². The molecule has 0 aromatic heterocycles. The van der Waals surface area contributed by atoms with Gasteiger partial charge in [0.1, 0.15) is 0 Å². The van der Waals surface area contributed by atoms with Crippen LogP contribution >= 0.6 is 12.2 Å². The van der Waals surface area contributed by atoms with Crippen molar-refractivity contribution in [1.82, 2.24) is 0 Å². The van der Waals surface area contributed by atoms with E-state index in [1.54, 1.807) is 0 Å². The summed E-state index contributed by atoms with van der Waals surface area (Å²) < 4.78 is 0.949. The van der Waals surface area contributed by atoms with Gasteiger partial charge in [0, 0.05) is 5.70 Å². The first-order valence-corrected chi connectivity index (χ1v) is 10.6. The highest BCUT2D eigenvalue weighted by molar-refractivity contribution is 7.84. The fraction of sp³-hybridized carbons (Fsp3) is 0.458. The lowest BCUT2D eigenvalue weighted by Crippen LogP contribution is -2.24. The number of thiocarbonyl (C=S) groups is 1. The molecule has 1 aliphatic rings. The van der Waals surface area contributed by atoms with E-state index < -0.39 is 0 Å². The van der Waals surface area contributed by atoms with Gasteiger partial charge in [-0.1, -0.05) is 82.0 Å². The standard InChI is InChI=1S/C24H34BNS/c1-6-21(26)18(2)20(22(27)25-5)13-10-14-24(16-15-23(3,4)17-24)19-11-8-7-9-12-19/h6-9,11-13,25H,2,10,14-17,26H2,1,3-5H3/b20-13+,21-6+. The van der Waals surface area contributed by atoms with Crippen LogP contribution in [0.15, 0.2) is 65.9 Å². The Labute approximate surface area is 172 Å². The summed E-state index contributed by atoms with van der Waals surface area (Å²) in [7, 11) is 0.841. The summed E-state index contributed by atoms with van der Waals surface area (Å²) in [5, 5.41) is 0. The molecule has 1 aliphatic carbocycles. The van der Waals surface area contributed by atoms with Crippen LogP contribution in [-0.2, 0) is 5.41 Å². The molecule has 0 heterocycles. The number of rotatable bonds is 8. The zero-order chi connectivity index (χ0) is 20.1. The van der Waals surface area contributed by atoms with Crippen LogP contribution in [0.3, 0.4) is 0 Å². The summed E-state index contributed by atoms with van der Waals surface area (Å²) in [6.45, 7) is 13.0. The fourth-order valence-electron chi connectivity index (χ4n) is 4.48. The lowest BCUT2D eigenvalue weighted by atomic mass is 9.71. The fourth-order valence-corrected chi connectivity index (χ4v) is 4.69. The van der Waals surface area contributed by atoms with Gasteiger partial charge in [-0.05, 0) is 71.3 Å². The number of benzene rings is 1. The molecule has 0 bridgehead atoms. The lowest BCUT2D eigenvalue weighted by Gasteiger charge is -2.32. The molecule has 0 radical (unpaired) electrons. The van der Waals surface area contributed by atoms with Crippen LogP contribution in [0.1, 0.15) is 58.4 Å². The quantitative estimate of drug-likeness (QED) is 0.257. The molecule has 1 aromatic carbocycles. The van der Waals surface area contributed by atoms with E-state index in [9.17, 15) is 0 Å². The van der Waals surface area contributed by atoms with Crippen LogP contribution in [0.25, 0.3) is 0 Å². The summed E-state index contributed by atoms with van der Waals surface area (Å²) in [5.74, 6) is 0. The Morgan fingerprint density at radius 3 is 2.44 bits per heavy atom. The molecular weight excluding hydrogens is 345 g/mol. The highest BCUT2D eigenvalue weighted by atomic mass is 32.1. The second kappa shape index (κ2) is 9.06. The van der Waals surface area contributed by atoms with E-state index in [0.29, 0.717) is 5.41 Å². The molecule has 0 aliphatic heterocycles. The van der Waals surface area contributed by atoms with Gasteiger partial charge >= 0.3 is 0 Å². The highest BCUT2D eigenvalue weighted by Crippen LogP contribution is 2.53. The van der Waals surface area contributed by atoms with E-state index in [4.69, 9.17) is 18.0 Å². The van der Waals surface area contributed by atoms with Crippen LogP contribution in [0, 0.1) is 5.41 Å². The van der Waals surface area contributed by atoms with E-state index in [0.717, 1.165) is 41.7 Å². The van der Waals surface area contributed by atoms with Crippen molar-refractivity contribution in [2.24, 2.45) is 11.1 Å². The summed E-state index contributed by atoms with van der Waals surface area (Å²) in [4.78, 5) is 0. The third-order valence-corrected chi connectivity index (χ3v) is 6.57. The Morgan fingerprint density at radius 2 is 1.93 bits per heavy atom. The van der Waals surface area contributed by atoms with Crippen LogP contribution in [0.4, 0.5) is 0 Å². The van der Waals surface area contributed by atoms with Crippen molar-refractivity contribution in [3.8, 4) is 0 Å². The second-order valence-corrected chi connectivity index (χ2v) is 9.14. The number of hydrogen-bond donors (Lipinski definition) is 1. The van der Waals surface area contributed by atoms with Gasteiger partial charge in [-0.3, -0.25) is 0 Å². The van der Waals surface area contributed by atoms with E-state index in [1.807, 2.05) is 13.0 Å². The Balaban J connectivity index is 2.27. The first-order chi connectivity index (χ1) is 12.7. The Bertz CT molecular complexity index is 745. The minimum atomic E-state index is 0.258. The molecule has 1 unspecified atom stereocenters. The number of nitrogens with two attached hydrogens (primary N) is 1. The van der Waals surface area contributed by atoms with E-state index in [-0.39, 0.29) is 5.41 Å². The zero-order valence-electron chi connectivity index (χ0n) is 17.5. The maximum Gasteiger partial charge on any atom is 0.169 e.